The van der Waals surface area contributed by atoms with Gasteiger partial charge in [-0.25, -0.2) is 9.88 Å². The van der Waals surface area contributed by atoms with Gasteiger partial charge in [0.05, 0.1) is 0 Å². The third-order valence-corrected chi connectivity index (χ3v) is 4.01. The number of hydrogen-bond acceptors (Lipinski definition) is 3. The van der Waals surface area contributed by atoms with Crippen molar-refractivity contribution in [3.8, 4) is 0 Å². The number of nitrogens with zero attached hydrogens (tertiary/aromatic N) is 2. The molecule has 0 spiro atoms. The topological polar surface area (TPSA) is 50.3 Å². The van der Waals surface area contributed by atoms with Crippen molar-refractivity contribution in [1.29, 1.82) is 0 Å². The molecule has 2 amide bonds. The zero-order valence-electron chi connectivity index (χ0n) is 15.5. The largest absolute Gasteiger partial charge is 0.269 e. The Hall–Kier alpha value is -3.79. The van der Waals surface area contributed by atoms with E-state index in [9.17, 15) is 9.59 Å². The van der Waals surface area contributed by atoms with Gasteiger partial charge in [-0.15, -0.1) is 0 Å². The standard InChI is InChI=1S/C24H20N2O2/c1-19-16-17-25-22(18-19)26(23(27)14-12-20-8-4-2-5-9-20)24(28)15-13-21-10-6-3-7-11-21/h2-18H,1H3. The summed E-state index contributed by atoms with van der Waals surface area (Å²) >= 11 is 0. The third-order valence-electron chi connectivity index (χ3n) is 4.01. The minimum absolute atomic E-state index is 0.297. The van der Waals surface area contributed by atoms with Crippen LogP contribution in [0.5, 0.6) is 0 Å². The molecular formula is C24H20N2O2. The Balaban J connectivity index is 1.88. The summed E-state index contributed by atoms with van der Waals surface area (Å²) in [5, 5.41) is 0. The Morgan fingerprint density at radius 3 is 1.75 bits per heavy atom. The highest BCUT2D eigenvalue weighted by Gasteiger charge is 2.21. The molecule has 3 rings (SSSR count). The fourth-order valence-electron chi connectivity index (χ4n) is 2.59. The number of carbonyl (C=O) groups is 2. The van der Waals surface area contributed by atoms with Crippen LogP contribution < -0.4 is 4.90 Å². The van der Waals surface area contributed by atoms with Gasteiger partial charge in [0.1, 0.15) is 5.82 Å². The number of aromatic nitrogens is 1. The summed E-state index contributed by atoms with van der Waals surface area (Å²) in [7, 11) is 0. The fraction of sp³-hybridized carbons (Fsp3) is 0.0417. The van der Waals surface area contributed by atoms with Gasteiger partial charge in [-0.05, 0) is 47.9 Å². The van der Waals surface area contributed by atoms with Crippen LogP contribution in [-0.2, 0) is 9.59 Å². The van der Waals surface area contributed by atoms with Crippen molar-refractivity contribution >= 4 is 29.8 Å². The van der Waals surface area contributed by atoms with Crippen molar-refractivity contribution < 1.29 is 9.59 Å². The van der Waals surface area contributed by atoms with E-state index in [1.54, 1.807) is 24.4 Å². The maximum absolute atomic E-state index is 12.8. The molecule has 0 fully saturated rings. The van der Waals surface area contributed by atoms with Crippen molar-refractivity contribution in [3.05, 3.63) is 108 Å². The highest BCUT2D eigenvalue weighted by Crippen LogP contribution is 2.15. The van der Waals surface area contributed by atoms with Crippen molar-refractivity contribution in [2.45, 2.75) is 6.92 Å². The van der Waals surface area contributed by atoms with E-state index in [2.05, 4.69) is 4.98 Å². The molecule has 0 aliphatic carbocycles. The van der Waals surface area contributed by atoms with Gasteiger partial charge >= 0.3 is 0 Å². The predicted octanol–water partition coefficient (Wildman–Crippen LogP) is 4.68. The lowest BCUT2D eigenvalue weighted by atomic mass is 10.2. The molecule has 3 aromatic rings. The van der Waals surface area contributed by atoms with Gasteiger partial charge in [-0.3, -0.25) is 9.59 Å². The molecule has 4 heteroatoms. The minimum Gasteiger partial charge on any atom is -0.269 e. The van der Waals surface area contributed by atoms with Gasteiger partial charge in [-0.1, -0.05) is 60.7 Å². The lowest BCUT2D eigenvalue weighted by Gasteiger charge is -2.17. The van der Waals surface area contributed by atoms with Crippen LogP contribution in [0, 0.1) is 6.92 Å². The van der Waals surface area contributed by atoms with Crippen molar-refractivity contribution in [1.82, 2.24) is 4.98 Å². The first-order valence-corrected chi connectivity index (χ1v) is 8.90. The molecule has 0 saturated heterocycles. The van der Waals surface area contributed by atoms with Crippen LogP contribution in [0.4, 0.5) is 5.82 Å². The molecule has 0 saturated carbocycles. The molecule has 0 unspecified atom stereocenters. The van der Waals surface area contributed by atoms with E-state index in [0.29, 0.717) is 5.82 Å². The number of benzene rings is 2. The number of imide groups is 1. The first-order chi connectivity index (χ1) is 13.6. The Morgan fingerprint density at radius 1 is 0.786 bits per heavy atom. The first-order valence-electron chi connectivity index (χ1n) is 8.90. The fourth-order valence-corrected chi connectivity index (χ4v) is 2.59. The highest BCUT2D eigenvalue weighted by atomic mass is 16.2. The van der Waals surface area contributed by atoms with Crippen LogP contribution in [0.15, 0.2) is 91.1 Å². The number of amides is 2. The van der Waals surface area contributed by atoms with Crippen LogP contribution in [0.25, 0.3) is 12.2 Å². The second kappa shape index (κ2) is 9.24. The Morgan fingerprint density at radius 2 is 1.29 bits per heavy atom. The maximum Gasteiger partial charge on any atom is 0.259 e. The van der Waals surface area contributed by atoms with Crippen LogP contribution >= 0.6 is 0 Å². The van der Waals surface area contributed by atoms with Gasteiger partial charge in [-0.2, -0.15) is 0 Å². The van der Waals surface area contributed by atoms with Crippen molar-refractivity contribution in [3.63, 3.8) is 0 Å². The average molecular weight is 368 g/mol. The van der Waals surface area contributed by atoms with E-state index in [0.717, 1.165) is 21.6 Å². The molecule has 0 atom stereocenters. The number of anilines is 1. The Kier molecular flexibility index (Phi) is 6.26. The number of aryl methyl sites for hydroxylation is 1. The number of carbonyl (C=O) groups excluding carboxylic acids is 2. The summed E-state index contributed by atoms with van der Waals surface area (Å²) < 4.78 is 0. The molecular weight excluding hydrogens is 348 g/mol. The van der Waals surface area contributed by atoms with Gasteiger partial charge < -0.3 is 0 Å². The van der Waals surface area contributed by atoms with E-state index in [1.807, 2.05) is 73.7 Å². The zero-order chi connectivity index (χ0) is 19.8. The van der Waals surface area contributed by atoms with Gasteiger partial charge in [0.15, 0.2) is 0 Å². The Bertz CT molecular complexity index is 948. The van der Waals surface area contributed by atoms with E-state index in [1.165, 1.54) is 12.2 Å². The van der Waals surface area contributed by atoms with Crippen molar-refractivity contribution in [2.75, 3.05) is 4.90 Å². The van der Waals surface area contributed by atoms with E-state index in [4.69, 9.17) is 0 Å². The predicted molar refractivity (Wildman–Crippen MR) is 112 cm³/mol. The summed E-state index contributed by atoms with van der Waals surface area (Å²) in [6, 6.07) is 22.4. The van der Waals surface area contributed by atoms with Crippen molar-refractivity contribution in [2.24, 2.45) is 0 Å². The summed E-state index contributed by atoms with van der Waals surface area (Å²) in [5.41, 5.74) is 2.66. The molecule has 1 heterocycles. The number of rotatable bonds is 5. The van der Waals surface area contributed by atoms with Crippen LogP contribution in [0.3, 0.4) is 0 Å². The molecule has 1 aromatic heterocycles. The quantitative estimate of drug-likeness (QED) is 0.615. The lowest BCUT2D eigenvalue weighted by molar-refractivity contribution is -0.121. The molecule has 0 aliphatic heterocycles. The molecule has 0 radical (unpaired) electrons. The molecule has 0 bridgehead atoms. The molecule has 138 valence electrons. The molecule has 0 N–H and O–H groups in total. The average Bonchev–Trinajstić information content (AvgIpc) is 2.72. The SMILES string of the molecule is Cc1ccnc(N(C(=O)C=Cc2ccccc2)C(=O)C=Cc2ccccc2)c1. The second-order valence-corrected chi connectivity index (χ2v) is 6.19. The maximum atomic E-state index is 12.8. The van der Waals surface area contributed by atoms with Crippen LogP contribution in [0.2, 0.25) is 0 Å². The summed E-state index contributed by atoms with van der Waals surface area (Å²) in [4.78, 5) is 30.9. The van der Waals surface area contributed by atoms with Crippen LogP contribution in [-0.4, -0.2) is 16.8 Å². The summed E-state index contributed by atoms with van der Waals surface area (Å²) in [5.74, 6) is -0.611. The van der Waals surface area contributed by atoms with E-state index >= 15 is 0 Å². The van der Waals surface area contributed by atoms with E-state index in [-0.39, 0.29) is 0 Å². The molecule has 2 aromatic carbocycles. The normalized spacial score (nSPS) is 11.0. The lowest BCUT2D eigenvalue weighted by Crippen LogP contribution is -2.35. The third kappa shape index (κ3) is 5.11. The molecule has 28 heavy (non-hydrogen) atoms. The Labute approximate surface area is 164 Å². The zero-order valence-corrected chi connectivity index (χ0v) is 15.5. The smallest absolute Gasteiger partial charge is 0.259 e. The monoisotopic (exact) mass is 368 g/mol. The summed E-state index contributed by atoms with van der Waals surface area (Å²) in [6.07, 6.45) is 7.71. The molecule has 4 nitrogen and oxygen atoms in total. The van der Waals surface area contributed by atoms with Crippen LogP contribution in [0.1, 0.15) is 16.7 Å². The number of pyridine rings is 1. The molecule has 0 aliphatic rings. The number of hydrogen-bond donors (Lipinski definition) is 0. The van der Waals surface area contributed by atoms with E-state index < -0.39 is 11.8 Å². The van der Waals surface area contributed by atoms with Gasteiger partial charge in [0.2, 0.25) is 0 Å². The first kappa shape index (κ1) is 19.0. The summed E-state index contributed by atoms with van der Waals surface area (Å²) in [6.45, 7) is 1.89. The van der Waals surface area contributed by atoms with Gasteiger partial charge in [0, 0.05) is 18.3 Å². The highest BCUT2D eigenvalue weighted by molar-refractivity contribution is 6.23. The van der Waals surface area contributed by atoms with Gasteiger partial charge in [0.25, 0.3) is 11.8 Å². The second-order valence-electron chi connectivity index (χ2n) is 6.19. The minimum atomic E-state index is -0.454.